The highest BCUT2D eigenvalue weighted by molar-refractivity contribution is 7.89. The number of carbonyl (C=O) groups excluding carboxylic acids is 1. The molecule has 0 amide bonds. The van der Waals surface area contributed by atoms with E-state index in [-0.39, 0.29) is 22.9 Å². The van der Waals surface area contributed by atoms with Gasteiger partial charge in [0.15, 0.2) is 6.10 Å². The van der Waals surface area contributed by atoms with E-state index in [0.717, 1.165) is 0 Å². The van der Waals surface area contributed by atoms with E-state index in [1.807, 2.05) is 0 Å². The van der Waals surface area contributed by atoms with Crippen LogP contribution in [0.3, 0.4) is 0 Å². The molecule has 0 saturated carbocycles. The standard InChI is InChI=1S/C19H16N4O5S/c1-3-9-21-29(25,26)16-8-4-6-14(11-16)19(24)27-13(2)18-22-17(23-28-18)15-7-5-10-20-12-15/h1,4-8,10-13,21H,9H2,2H3. The smallest absolute Gasteiger partial charge is 0.338 e. The van der Waals surface area contributed by atoms with Crippen LogP contribution in [0.1, 0.15) is 29.3 Å². The van der Waals surface area contributed by atoms with Crippen molar-refractivity contribution in [2.45, 2.75) is 17.9 Å². The van der Waals surface area contributed by atoms with Crippen molar-refractivity contribution in [2.75, 3.05) is 6.54 Å². The number of hydrogen-bond donors (Lipinski definition) is 1. The van der Waals surface area contributed by atoms with Crippen LogP contribution in [-0.2, 0) is 14.8 Å². The maximum Gasteiger partial charge on any atom is 0.338 e. The molecule has 2 aromatic heterocycles. The van der Waals surface area contributed by atoms with Crippen LogP contribution in [0.15, 0.2) is 58.2 Å². The summed E-state index contributed by atoms with van der Waals surface area (Å²) < 4.78 is 37.0. The van der Waals surface area contributed by atoms with Crippen molar-refractivity contribution < 1.29 is 22.5 Å². The van der Waals surface area contributed by atoms with E-state index in [2.05, 4.69) is 25.8 Å². The Morgan fingerprint density at radius 2 is 2.17 bits per heavy atom. The zero-order valence-corrected chi connectivity index (χ0v) is 16.1. The summed E-state index contributed by atoms with van der Waals surface area (Å²) in [6, 6.07) is 8.90. The molecule has 1 unspecified atom stereocenters. The Kier molecular flexibility index (Phi) is 6.01. The highest BCUT2D eigenvalue weighted by Gasteiger charge is 2.22. The number of carbonyl (C=O) groups is 1. The van der Waals surface area contributed by atoms with Gasteiger partial charge in [-0.05, 0) is 37.3 Å². The first-order valence-corrected chi connectivity index (χ1v) is 9.87. The van der Waals surface area contributed by atoms with Crippen LogP contribution in [-0.4, -0.2) is 36.1 Å². The molecule has 3 aromatic rings. The SMILES string of the molecule is C#CCNS(=O)(=O)c1cccc(C(=O)OC(C)c2nc(-c3cccnc3)no2)c1. The summed E-state index contributed by atoms with van der Waals surface area (Å²) in [5.74, 6) is 1.84. The molecule has 0 fully saturated rings. The van der Waals surface area contributed by atoms with E-state index in [1.165, 1.54) is 24.3 Å². The number of hydrogen-bond acceptors (Lipinski definition) is 8. The first kappa shape index (κ1) is 20.2. The van der Waals surface area contributed by atoms with E-state index in [0.29, 0.717) is 11.4 Å². The fourth-order valence-electron chi connectivity index (χ4n) is 2.30. The lowest BCUT2D eigenvalue weighted by molar-refractivity contribution is 0.0265. The lowest BCUT2D eigenvalue weighted by Gasteiger charge is -2.10. The van der Waals surface area contributed by atoms with E-state index in [4.69, 9.17) is 15.7 Å². The molecular formula is C19H16N4O5S. The van der Waals surface area contributed by atoms with Gasteiger partial charge in [0, 0.05) is 18.0 Å². The molecule has 0 radical (unpaired) electrons. The summed E-state index contributed by atoms with van der Waals surface area (Å²) in [4.78, 5) is 20.5. The molecule has 29 heavy (non-hydrogen) atoms. The van der Waals surface area contributed by atoms with Gasteiger partial charge < -0.3 is 9.26 Å². The second kappa shape index (κ2) is 8.64. The largest absolute Gasteiger partial charge is 0.449 e. The van der Waals surface area contributed by atoms with Crippen molar-refractivity contribution in [1.29, 1.82) is 0 Å². The summed E-state index contributed by atoms with van der Waals surface area (Å²) in [6.07, 6.45) is 7.41. The Balaban J connectivity index is 1.73. The number of sulfonamides is 1. The van der Waals surface area contributed by atoms with E-state index in [1.54, 1.807) is 31.5 Å². The quantitative estimate of drug-likeness (QED) is 0.461. The van der Waals surface area contributed by atoms with Crippen molar-refractivity contribution >= 4 is 16.0 Å². The van der Waals surface area contributed by atoms with Crippen molar-refractivity contribution in [3.63, 3.8) is 0 Å². The molecule has 1 aromatic carbocycles. The normalized spacial score (nSPS) is 12.1. The summed E-state index contributed by atoms with van der Waals surface area (Å²) in [6.45, 7) is 1.40. The Labute approximate surface area is 167 Å². The number of benzene rings is 1. The lowest BCUT2D eigenvalue weighted by Crippen LogP contribution is -2.24. The van der Waals surface area contributed by atoms with Crippen molar-refractivity contribution in [2.24, 2.45) is 0 Å². The maximum atomic E-state index is 12.4. The van der Waals surface area contributed by atoms with E-state index in [9.17, 15) is 13.2 Å². The fraction of sp³-hybridized carbons (Fsp3) is 0.158. The lowest BCUT2D eigenvalue weighted by atomic mass is 10.2. The van der Waals surface area contributed by atoms with Gasteiger partial charge in [-0.1, -0.05) is 17.1 Å². The van der Waals surface area contributed by atoms with E-state index < -0.39 is 22.1 Å². The van der Waals surface area contributed by atoms with Crippen LogP contribution >= 0.6 is 0 Å². The molecule has 0 aliphatic heterocycles. The van der Waals surface area contributed by atoms with Gasteiger partial charge in [-0.3, -0.25) is 4.98 Å². The van der Waals surface area contributed by atoms with Gasteiger partial charge in [-0.2, -0.15) is 9.71 Å². The van der Waals surface area contributed by atoms with Crippen molar-refractivity contribution in [1.82, 2.24) is 19.8 Å². The van der Waals surface area contributed by atoms with E-state index >= 15 is 0 Å². The van der Waals surface area contributed by atoms with Crippen LogP contribution < -0.4 is 4.72 Å². The topological polar surface area (TPSA) is 124 Å². The Morgan fingerprint density at radius 1 is 1.34 bits per heavy atom. The monoisotopic (exact) mass is 412 g/mol. The predicted octanol–water partition coefficient (Wildman–Crippen LogP) is 1.96. The van der Waals surface area contributed by atoms with Gasteiger partial charge in [-0.25, -0.2) is 13.2 Å². The first-order chi connectivity index (χ1) is 13.9. The minimum Gasteiger partial charge on any atom is -0.449 e. The summed E-state index contributed by atoms with van der Waals surface area (Å²) in [7, 11) is -3.83. The number of rotatable bonds is 7. The zero-order chi connectivity index (χ0) is 20.9. The fourth-order valence-corrected chi connectivity index (χ4v) is 3.28. The molecule has 0 aliphatic carbocycles. The van der Waals surface area contributed by atoms with Crippen LogP contribution in [0, 0.1) is 12.3 Å². The Morgan fingerprint density at radius 3 is 2.90 bits per heavy atom. The van der Waals surface area contributed by atoms with Gasteiger partial charge in [0.05, 0.1) is 17.0 Å². The van der Waals surface area contributed by atoms with Crippen LogP contribution in [0.2, 0.25) is 0 Å². The number of ether oxygens (including phenoxy) is 1. The molecule has 0 saturated heterocycles. The molecule has 0 bridgehead atoms. The molecule has 10 heteroatoms. The first-order valence-electron chi connectivity index (χ1n) is 8.39. The average Bonchev–Trinajstić information content (AvgIpc) is 3.23. The number of pyridine rings is 1. The number of terminal acetylenes is 1. The van der Waals surface area contributed by atoms with Crippen LogP contribution in [0.5, 0.6) is 0 Å². The number of nitrogens with one attached hydrogen (secondary N) is 1. The second-order valence-electron chi connectivity index (χ2n) is 5.80. The molecule has 3 rings (SSSR count). The second-order valence-corrected chi connectivity index (χ2v) is 7.57. The summed E-state index contributed by atoms with van der Waals surface area (Å²) in [5.41, 5.74) is 0.700. The third kappa shape index (κ3) is 4.84. The molecule has 148 valence electrons. The van der Waals surface area contributed by atoms with Gasteiger partial charge in [0.2, 0.25) is 15.8 Å². The minimum absolute atomic E-state index is 0.0485. The van der Waals surface area contributed by atoms with Crippen molar-refractivity contribution in [3.8, 4) is 23.7 Å². The molecule has 0 aliphatic rings. The van der Waals surface area contributed by atoms with Gasteiger partial charge in [0.25, 0.3) is 5.89 Å². The minimum atomic E-state index is -3.83. The third-order valence-corrected chi connectivity index (χ3v) is 5.14. The summed E-state index contributed by atoms with van der Waals surface area (Å²) >= 11 is 0. The van der Waals surface area contributed by atoms with Gasteiger partial charge in [-0.15, -0.1) is 6.42 Å². The maximum absolute atomic E-state index is 12.4. The molecule has 1 N–H and O–H groups in total. The Bertz CT molecular complexity index is 1150. The average molecular weight is 412 g/mol. The highest BCUT2D eigenvalue weighted by Crippen LogP contribution is 2.21. The number of esters is 1. The van der Waals surface area contributed by atoms with Crippen LogP contribution in [0.25, 0.3) is 11.4 Å². The van der Waals surface area contributed by atoms with Gasteiger partial charge >= 0.3 is 5.97 Å². The molecule has 0 spiro atoms. The molecular weight excluding hydrogens is 396 g/mol. The highest BCUT2D eigenvalue weighted by atomic mass is 32.2. The summed E-state index contributed by atoms with van der Waals surface area (Å²) in [5, 5.41) is 3.84. The van der Waals surface area contributed by atoms with Crippen molar-refractivity contribution in [3.05, 3.63) is 60.2 Å². The number of aromatic nitrogens is 3. The zero-order valence-electron chi connectivity index (χ0n) is 15.3. The van der Waals surface area contributed by atoms with Gasteiger partial charge in [0.1, 0.15) is 0 Å². The molecule has 1 atom stereocenters. The third-order valence-electron chi connectivity index (χ3n) is 3.74. The Hall–Kier alpha value is -3.55. The number of nitrogens with zero attached hydrogens (tertiary/aromatic N) is 3. The van der Waals surface area contributed by atoms with Crippen LogP contribution in [0.4, 0.5) is 0 Å². The molecule has 9 nitrogen and oxygen atoms in total. The molecule has 2 heterocycles. The predicted molar refractivity (Wildman–Crippen MR) is 102 cm³/mol.